The molecule has 0 saturated heterocycles. The highest BCUT2D eigenvalue weighted by Gasteiger charge is 2.26. The molecule has 0 aliphatic rings. The van der Waals surface area contributed by atoms with E-state index in [4.69, 9.17) is 0 Å². The van der Waals surface area contributed by atoms with Gasteiger partial charge in [0.2, 0.25) is 5.91 Å². The highest BCUT2D eigenvalue weighted by Crippen LogP contribution is 2.40. The largest absolute Gasteiger partial charge is 0.507 e. The molecule has 0 saturated carbocycles. The molecule has 164 valence electrons. The van der Waals surface area contributed by atoms with Gasteiger partial charge in [-0.25, -0.2) is 0 Å². The van der Waals surface area contributed by atoms with Crippen molar-refractivity contribution in [3.8, 4) is 5.75 Å². The van der Waals surface area contributed by atoms with E-state index in [-0.39, 0.29) is 16.7 Å². The second-order valence-corrected chi connectivity index (χ2v) is 11.8. The van der Waals surface area contributed by atoms with E-state index in [1.165, 1.54) is 5.56 Å². The van der Waals surface area contributed by atoms with Crippen molar-refractivity contribution in [3.63, 3.8) is 0 Å². The van der Waals surface area contributed by atoms with Gasteiger partial charge in [-0.15, -0.1) is 0 Å². The van der Waals surface area contributed by atoms with Crippen LogP contribution in [0.15, 0.2) is 40.9 Å². The third-order valence-electron chi connectivity index (χ3n) is 4.90. The molecule has 0 heterocycles. The zero-order valence-electron chi connectivity index (χ0n) is 18.9. The summed E-state index contributed by atoms with van der Waals surface area (Å²) in [5.74, 6) is 1.82. The minimum absolute atomic E-state index is 0.0250. The SMILES string of the molecule is CC(C)(C)c1cc(CCCSCC(=O)Nc2ccc(Br)cc2)cc(C(C)(C)C)c1O. The number of phenols is 1. The molecule has 30 heavy (non-hydrogen) atoms. The van der Waals surface area contributed by atoms with Gasteiger partial charge in [0.25, 0.3) is 0 Å². The number of benzene rings is 2. The minimum atomic E-state index is -0.111. The Morgan fingerprint density at radius 1 is 1.00 bits per heavy atom. The lowest BCUT2D eigenvalue weighted by atomic mass is 9.78. The summed E-state index contributed by atoms with van der Waals surface area (Å²) in [5, 5.41) is 13.8. The van der Waals surface area contributed by atoms with Crippen LogP contribution in [-0.2, 0) is 22.0 Å². The number of carbonyl (C=O) groups excluding carboxylic acids is 1. The van der Waals surface area contributed by atoms with Gasteiger partial charge < -0.3 is 10.4 Å². The lowest BCUT2D eigenvalue weighted by molar-refractivity contribution is -0.113. The van der Waals surface area contributed by atoms with Gasteiger partial charge in [-0.1, -0.05) is 69.6 Å². The Labute approximate surface area is 194 Å². The van der Waals surface area contributed by atoms with Crippen molar-refractivity contribution in [2.75, 3.05) is 16.8 Å². The first kappa shape index (κ1) is 24.8. The fraction of sp³-hybridized carbons (Fsp3) is 0.480. The Hall–Kier alpha value is -1.46. The average Bonchev–Trinajstić information content (AvgIpc) is 2.62. The molecule has 2 aromatic rings. The molecule has 0 aromatic heterocycles. The maximum absolute atomic E-state index is 12.1. The normalized spacial score (nSPS) is 12.1. The van der Waals surface area contributed by atoms with E-state index in [0.29, 0.717) is 11.5 Å². The maximum Gasteiger partial charge on any atom is 0.234 e. The number of rotatable bonds is 7. The van der Waals surface area contributed by atoms with E-state index in [1.54, 1.807) is 11.8 Å². The molecule has 3 nitrogen and oxygen atoms in total. The average molecular weight is 493 g/mol. The Kier molecular flexibility index (Phi) is 8.46. The van der Waals surface area contributed by atoms with Crippen LogP contribution in [0.4, 0.5) is 5.69 Å². The number of anilines is 1. The molecular weight excluding hydrogens is 458 g/mol. The first-order chi connectivity index (χ1) is 13.9. The van der Waals surface area contributed by atoms with Crippen molar-refractivity contribution < 1.29 is 9.90 Å². The van der Waals surface area contributed by atoms with Gasteiger partial charge in [0.05, 0.1) is 5.75 Å². The van der Waals surface area contributed by atoms with Gasteiger partial charge in [0, 0.05) is 10.2 Å². The maximum atomic E-state index is 12.1. The van der Waals surface area contributed by atoms with Crippen LogP contribution in [0.25, 0.3) is 0 Å². The molecule has 2 N–H and O–H groups in total. The summed E-state index contributed by atoms with van der Waals surface area (Å²) in [6.45, 7) is 12.8. The summed E-state index contributed by atoms with van der Waals surface area (Å²) < 4.78 is 0.994. The van der Waals surface area contributed by atoms with Crippen LogP contribution in [0.1, 0.15) is 64.7 Å². The molecular formula is C25H34BrNO2S. The topological polar surface area (TPSA) is 49.3 Å². The van der Waals surface area contributed by atoms with Crippen molar-refractivity contribution in [3.05, 3.63) is 57.6 Å². The Balaban J connectivity index is 1.91. The third kappa shape index (κ3) is 7.35. The van der Waals surface area contributed by atoms with Crippen molar-refractivity contribution in [1.29, 1.82) is 0 Å². The predicted octanol–water partition coefficient (Wildman–Crippen LogP) is 7.05. The molecule has 1 amide bonds. The molecule has 2 rings (SSSR count). The molecule has 0 aliphatic heterocycles. The first-order valence-corrected chi connectivity index (χ1v) is 12.3. The van der Waals surface area contributed by atoms with Crippen LogP contribution >= 0.6 is 27.7 Å². The number of phenolic OH excluding ortho intramolecular Hbond substituents is 1. The van der Waals surface area contributed by atoms with E-state index >= 15 is 0 Å². The van der Waals surface area contributed by atoms with Crippen LogP contribution in [0.5, 0.6) is 5.75 Å². The quantitative estimate of drug-likeness (QED) is 0.407. The van der Waals surface area contributed by atoms with Crippen LogP contribution in [0.2, 0.25) is 0 Å². The van der Waals surface area contributed by atoms with Crippen LogP contribution in [0, 0.1) is 0 Å². The van der Waals surface area contributed by atoms with E-state index in [1.807, 2.05) is 24.3 Å². The number of carbonyl (C=O) groups is 1. The van der Waals surface area contributed by atoms with Crippen molar-refractivity contribution in [1.82, 2.24) is 0 Å². The number of halogens is 1. The van der Waals surface area contributed by atoms with Crippen molar-refractivity contribution >= 4 is 39.3 Å². The molecule has 0 spiro atoms. The van der Waals surface area contributed by atoms with Gasteiger partial charge in [0.1, 0.15) is 5.75 Å². The molecule has 0 bridgehead atoms. The molecule has 0 atom stereocenters. The Morgan fingerprint density at radius 2 is 1.53 bits per heavy atom. The summed E-state index contributed by atoms with van der Waals surface area (Å²) >= 11 is 5.05. The molecule has 0 fully saturated rings. The smallest absolute Gasteiger partial charge is 0.234 e. The zero-order chi connectivity index (χ0) is 22.5. The third-order valence-corrected chi connectivity index (χ3v) is 6.47. The first-order valence-electron chi connectivity index (χ1n) is 10.4. The summed E-state index contributed by atoms with van der Waals surface area (Å²) in [6.07, 6.45) is 1.93. The lowest BCUT2D eigenvalue weighted by Crippen LogP contribution is -2.18. The number of hydrogen-bond donors (Lipinski definition) is 2. The highest BCUT2D eigenvalue weighted by atomic mass is 79.9. The fourth-order valence-corrected chi connectivity index (χ4v) is 4.27. The van der Waals surface area contributed by atoms with Crippen LogP contribution in [0.3, 0.4) is 0 Å². The Bertz CT molecular complexity index is 829. The summed E-state index contributed by atoms with van der Waals surface area (Å²) in [4.78, 5) is 12.1. The molecule has 0 unspecified atom stereocenters. The number of aromatic hydroxyl groups is 1. The predicted molar refractivity (Wildman–Crippen MR) is 134 cm³/mol. The van der Waals surface area contributed by atoms with Gasteiger partial charge in [0.15, 0.2) is 0 Å². The van der Waals surface area contributed by atoms with Gasteiger partial charge in [-0.05, 0) is 70.4 Å². The monoisotopic (exact) mass is 491 g/mol. The zero-order valence-corrected chi connectivity index (χ0v) is 21.3. The van der Waals surface area contributed by atoms with Crippen LogP contribution in [-0.4, -0.2) is 22.5 Å². The van der Waals surface area contributed by atoms with Gasteiger partial charge >= 0.3 is 0 Å². The lowest BCUT2D eigenvalue weighted by Gasteiger charge is -2.28. The van der Waals surface area contributed by atoms with E-state index in [2.05, 4.69) is 74.9 Å². The van der Waals surface area contributed by atoms with Gasteiger partial charge in [-0.2, -0.15) is 11.8 Å². The molecule has 2 aromatic carbocycles. The van der Waals surface area contributed by atoms with Crippen molar-refractivity contribution in [2.24, 2.45) is 0 Å². The summed E-state index contributed by atoms with van der Waals surface area (Å²) in [5.41, 5.74) is 3.86. The molecule has 5 heteroatoms. The van der Waals surface area contributed by atoms with E-state index in [9.17, 15) is 9.90 Å². The number of hydrogen-bond acceptors (Lipinski definition) is 3. The number of amides is 1. The Morgan fingerprint density at radius 3 is 2.03 bits per heavy atom. The second-order valence-electron chi connectivity index (χ2n) is 9.75. The van der Waals surface area contributed by atoms with Crippen LogP contribution < -0.4 is 5.32 Å². The summed E-state index contributed by atoms with van der Waals surface area (Å²) in [7, 11) is 0. The fourth-order valence-electron chi connectivity index (χ4n) is 3.26. The van der Waals surface area contributed by atoms with E-state index in [0.717, 1.165) is 39.9 Å². The minimum Gasteiger partial charge on any atom is -0.507 e. The second kappa shape index (κ2) is 10.2. The number of nitrogens with one attached hydrogen (secondary N) is 1. The summed E-state index contributed by atoms with van der Waals surface area (Å²) in [6, 6.07) is 11.9. The van der Waals surface area contributed by atoms with E-state index < -0.39 is 0 Å². The van der Waals surface area contributed by atoms with Gasteiger partial charge in [-0.3, -0.25) is 4.79 Å². The number of thioether (sulfide) groups is 1. The number of aryl methyl sites for hydroxylation is 1. The highest BCUT2D eigenvalue weighted by molar-refractivity contribution is 9.10. The van der Waals surface area contributed by atoms with Crippen molar-refractivity contribution in [2.45, 2.75) is 65.2 Å². The molecule has 0 aliphatic carbocycles. The standard InChI is InChI=1S/C25H34BrNO2S/c1-24(2,3)20-14-17(15-21(23(20)29)25(4,5)6)8-7-13-30-16-22(28)27-19-11-9-18(26)10-12-19/h9-12,14-15,29H,7-8,13,16H2,1-6H3,(H,27,28). The molecule has 0 radical (unpaired) electrons.